The number of nitriles is 1. The summed E-state index contributed by atoms with van der Waals surface area (Å²) in [4.78, 5) is 15.9. The molecule has 5 heteroatoms. The average molecular weight is 760 g/mol. The lowest BCUT2D eigenvalue weighted by Gasteiger charge is -2.26. The molecule has 59 heavy (non-hydrogen) atoms. The zero-order chi connectivity index (χ0) is 40.1. The van der Waals surface area contributed by atoms with Gasteiger partial charge >= 0.3 is 5.97 Å². The average Bonchev–Trinajstić information content (AvgIpc) is 3.29. The smallest absolute Gasteiger partial charge is 0.346 e. The Morgan fingerprint density at radius 2 is 0.695 bits per heavy atom. The van der Waals surface area contributed by atoms with Crippen LogP contribution in [0, 0.1) is 11.3 Å². The van der Waals surface area contributed by atoms with Gasteiger partial charge in [-0.15, -0.1) is 0 Å². The molecule has 280 valence electrons. The van der Waals surface area contributed by atoms with Crippen molar-refractivity contribution in [3.05, 3.63) is 223 Å². The first kappa shape index (κ1) is 36.4. The number of hydrogen-bond acceptors (Lipinski definition) is 4. The summed E-state index contributed by atoms with van der Waals surface area (Å²) in [5.74, 6) is -1.25. The molecule has 0 aliphatic rings. The van der Waals surface area contributed by atoms with E-state index >= 15 is 0 Å². The summed E-state index contributed by atoms with van der Waals surface area (Å²) in [6, 6.07) is 75.4. The van der Waals surface area contributed by atoms with Crippen molar-refractivity contribution in [2.24, 2.45) is 0 Å². The van der Waals surface area contributed by atoms with Crippen LogP contribution in [0.25, 0.3) is 49.9 Å². The zero-order valence-electron chi connectivity index (χ0n) is 32.0. The number of rotatable bonds is 10. The van der Waals surface area contributed by atoms with Gasteiger partial charge in [0, 0.05) is 34.1 Å². The Hall–Kier alpha value is -8.20. The molecule has 0 aliphatic carbocycles. The van der Waals surface area contributed by atoms with E-state index in [1.54, 1.807) is 6.07 Å². The lowest BCUT2D eigenvalue weighted by atomic mass is 9.86. The second kappa shape index (κ2) is 16.1. The van der Waals surface area contributed by atoms with E-state index in [0.29, 0.717) is 5.56 Å². The van der Waals surface area contributed by atoms with Crippen LogP contribution in [0.4, 0.5) is 34.1 Å². The predicted molar refractivity (Wildman–Crippen MR) is 243 cm³/mol. The molecule has 0 saturated heterocycles. The molecule has 0 atom stereocenters. The van der Waals surface area contributed by atoms with E-state index in [1.165, 1.54) is 38.7 Å². The number of anilines is 6. The molecule has 0 fully saturated rings. The van der Waals surface area contributed by atoms with E-state index in [0.717, 1.165) is 45.3 Å². The maximum absolute atomic E-state index is 11.5. The van der Waals surface area contributed by atoms with Crippen molar-refractivity contribution in [3.8, 4) is 28.3 Å². The van der Waals surface area contributed by atoms with Crippen LogP contribution in [0.15, 0.2) is 218 Å². The summed E-state index contributed by atoms with van der Waals surface area (Å²) in [6.45, 7) is 0. The highest BCUT2D eigenvalue weighted by molar-refractivity contribution is 6.21. The number of fused-ring (bicyclic) bond motifs is 2. The second-order valence-electron chi connectivity index (χ2n) is 14.2. The lowest BCUT2D eigenvalue weighted by molar-refractivity contribution is -0.132. The van der Waals surface area contributed by atoms with Crippen LogP contribution in [0.1, 0.15) is 5.56 Å². The maximum atomic E-state index is 11.5. The number of nitrogens with zero attached hydrogens (tertiary/aromatic N) is 3. The first-order valence-electron chi connectivity index (χ1n) is 19.4. The van der Waals surface area contributed by atoms with E-state index in [2.05, 4.69) is 168 Å². The molecule has 9 aromatic rings. The number of carbonyl (C=O) groups is 1. The molecule has 0 aliphatic heterocycles. The van der Waals surface area contributed by atoms with Gasteiger partial charge in [-0.3, -0.25) is 0 Å². The van der Waals surface area contributed by atoms with Gasteiger partial charge in [0.15, 0.2) is 0 Å². The molecular formula is C54H37N3O2. The number of carboxylic acids is 1. The molecule has 0 saturated carbocycles. The normalized spacial score (nSPS) is 11.3. The summed E-state index contributed by atoms with van der Waals surface area (Å²) in [7, 11) is 0. The number of hydrogen-bond donors (Lipinski definition) is 1. The van der Waals surface area contributed by atoms with Crippen molar-refractivity contribution in [1.82, 2.24) is 0 Å². The molecule has 9 aromatic carbocycles. The zero-order valence-corrected chi connectivity index (χ0v) is 32.0. The highest BCUT2D eigenvalue weighted by atomic mass is 16.4. The van der Waals surface area contributed by atoms with Crippen molar-refractivity contribution in [2.45, 2.75) is 0 Å². The third-order valence-corrected chi connectivity index (χ3v) is 10.6. The third-order valence-electron chi connectivity index (χ3n) is 10.6. The molecule has 1 N–H and O–H groups in total. The predicted octanol–water partition coefficient (Wildman–Crippen LogP) is 14.3. The van der Waals surface area contributed by atoms with Crippen LogP contribution in [0.2, 0.25) is 0 Å². The van der Waals surface area contributed by atoms with Crippen LogP contribution in [0.5, 0.6) is 0 Å². The fourth-order valence-electron chi connectivity index (χ4n) is 7.96. The molecule has 0 radical (unpaired) electrons. The van der Waals surface area contributed by atoms with Crippen molar-refractivity contribution in [1.29, 1.82) is 5.26 Å². The van der Waals surface area contributed by atoms with Gasteiger partial charge < -0.3 is 14.9 Å². The summed E-state index contributed by atoms with van der Waals surface area (Å²) < 4.78 is 0. The number of para-hydroxylation sites is 3. The molecular weight excluding hydrogens is 723 g/mol. The van der Waals surface area contributed by atoms with Crippen molar-refractivity contribution in [2.75, 3.05) is 9.80 Å². The molecule has 0 bridgehead atoms. The summed E-state index contributed by atoms with van der Waals surface area (Å²) in [6.07, 6.45) is 1.38. The minimum absolute atomic E-state index is 0.312. The molecule has 0 spiro atoms. The molecule has 5 nitrogen and oxygen atoms in total. The molecule has 0 aromatic heterocycles. The SMILES string of the molecule is N#CC(=Cc1ccc(N(c2ccccc2)c2ccc(-c3c4ccccc4c(-c4ccc(N(c5ccccc5)c5ccccc5)cc4)c4ccccc34)cc2)cc1)C(=O)O. The van der Waals surface area contributed by atoms with Gasteiger partial charge in [0.1, 0.15) is 11.6 Å². The van der Waals surface area contributed by atoms with E-state index in [9.17, 15) is 15.2 Å². The van der Waals surface area contributed by atoms with Crippen molar-refractivity contribution in [3.63, 3.8) is 0 Å². The van der Waals surface area contributed by atoms with Crippen LogP contribution >= 0.6 is 0 Å². The van der Waals surface area contributed by atoms with Crippen LogP contribution in [0.3, 0.4) is 0 Å². The Labute approximate surface area is 343 Å². The van der Waals surface area contributed by atoms with Gasteiger partial charge in [-0.25, -0.2) is 4.79 Å². The Bertz CT molecular complexity index is 2900. The molecule has 0 amide bonds. The highest BCUT2D eigenvalue weighted by Gasteiger charge is 2.19. The first-order valence-corrected chi connectivity index (χ1v) is 19.4. The summed E-state index contributed by atoms with van der Waals surface area (Å²) in [5.41, 5.74) is 11.1. The van der Waals surface area contributed by atoms with Gasteiger partial charge in [0.2, 0.25) is 0 Å². The standard InChI is InChI=1S/C54H37N3O2/c55-37-41(54(58)59)36-38-24-30-45(31-25-38)57(44-18-8-3-9-19-44)47-34-28-40(29-35-47)53-50-22-12-10-20-48(50)52(49-21-11-13-23-51(49)53)39-26-32-46(33-27-39)56(42-14-4-1-5-15-42)43-16-6-2-7-17-43/h1-36H,(H,58,59). The van der Waals surface area contributed by atoms with Gasteiger partial charge in [-0.05, 0) is 128 Å². The van der Waals surface area contributed by atoms with Crippen LogP contribution < -0.4 is 9.80 Å². The van der Waals surface area contributed by atoms with E-state index in [1.807, 2.05) is 54.6 Å². The van der Waals surface area contributed by atoms with Gasteiger partial charge in [0.25, 0.3) is 0 Å². The topological polar surface area (TPSA) is 67.6 Å². The summed E-state index contributed by atoms with van der Waals surface area (Å²) >= 11 is 0. The highest BCUT2D eigenvalue weighted by Crippen LogP contribution is 2.45. The van der Waals surface area contributed by atoms with E-state index in [-0.39, 0.29) is 5.57 Å². The second-order valence-corrected chi connectivity index (χ2v) is 14.2. The minimum Gasteiger partial charge on any atom is -0.477 e. The number of benzene rings is 9. The largest absolute Gasteiger partial charge is 0.477 e. The fraction of sp³-hybridized carbons (Fsp3) is 0. The Morgan fingerprint density at radius 1 is 0.407 bits per heavy atom. The Kier molecular flexibility index (Phi) is 9.95. The number of carboxylic acid groups (broad SMARTS) is 1. The van der Waals surface area contributed by atoms with Crippen molar-refractivity contribution < 1.29 is 9.90 Å². The molecule has 0 heterocycles. The quantitative estimate of drug-likeness (QED) is 0.0854. The van der Waals surface area contributed by atoms with E-state index < -0.39 is 5.97 Å². The molecule has 0 unspecified atom stereocenters. The third kappa shape index (κ3) is 7.19. The summed E-state index contributed by atoms with van der Waals surface area (Å²) in [5, 5.41) is 23.3. The first-order chi connectivity index (χ1) is 29.1. The van der Waals surface area contributed by atoms with Crippen LogP contribution in [-0.2, 0) is 4.79 Å². The fourth-order valence-corrected chi connectivity index (χ4v) is 7.96. The maximum Gasteiger partial charge on any atom is 0.346 e. The number of aliphatic carboxylic acids is 1. The lowest BCUT2D eigenvalue weighted by Crippen LogP contribution is -2.09. The van der Waals surface area contributed by atoms with Gasteiger partial charge in [0.05, 0.1) is 0 Å². The minimum atomic E-state index is -1.25. The Morgan fingerprint density at radius 3 is 1.00 bits per heavy atom. The molecule has 9 rings (SSSR count). The Balaban J connectivity index is 1.12. The van der Waals surface area contributed by atoms with Gasteiger partial charge in [-0.1, -0.05) is 140 Å². The monoisotopic (exact) mass is 759 g/mol. The van der Waals surface area contributed by atoms with Crippen molar-refractivity contribution >= 4 is 67.7 Å². The van der Waals surface area contributed by atoms with Gasteiger partial charge in [-0.2, -0.15) is 5.26 Å². The van der Waals surface area contributed by atoms with Crippen LogP contribution in [-0.4, -0.2) is 11.1 Å². The van der Waals surface area contributed by atoms with E-state index in [4.69, 9.17) is 0 Å².